The van der Waals surface area contributed by atoms with E-state index in [2.05, 4.69) is 20.4 Å². The monoisotopic (exact) mass is 488 g/mol. The molecule has 0 spiro atoms. The minimum Gasteiger partial charge on any atom is -0.462 e. The standard InChI is InChI=1S/C19H26ClFN6O6/c1-10(2)16(28)31-7-19(6-20)14(32-17(29)11(3)4)13(21)15(33-19)26-18(30)25-12(5-22)27-9-23-8-24-27/h5,8-11,13-15,22H,6-7H2,1-4H3,(H,26,30). The molecule has 2 rings (SSSR count). The molecule has 4 atom stereocenters. The van der Waals surface area contributed by atoms with Crippen LogP contribution < -0.4 is 5.32 Å². The molecule has 14 heteroatoms. The highest BCUT2D eigenvalue weighted by Crippen LogP contribution is 2.37. The Morgan fingerprint density at radius 1 is 1.33 bits per heavy atom. The Morgan fingerprint density at radius 3 is 2.52 bits per heavy atom. The number of carbonyl (C=O) groups excluding carboxylic acids is 3. The summed E-state index contributed by atoms with van der Waals surface area (Å²) in [5.41, 5.74) is -1.76. The van der Waals surface area contributed by atoms with E-state index in [4.69, 9.17) is 31.2 Å². The molecule has 1 aromatic heterocycles. The van der Waals surface area contributed by atoms with Crippen LogP contribution >= 0.6 is 11.6 Å². The Balaban J connectivity index is 2.26. The summed E-state index contributed by atoms with van der Waals surface area (Å²) in [5.74, 6) is -2.98. The first-order valence-electron chi connectivity index (χ1n) is 10.0. The van der Waals surface area contributed by atoms with Crippen LogP contribution in [0.25, 0.3) is 0 Å². The van der Waals surface area contributed by atoms with Crippen LogP contribution in [-0.2, 0) is 23.8 Å². The zero-order valence-electron chi connectivity index (χ0n) is 18.5. The highest BCUT2D eigenvalue weighted by Gasteiger charge is 2.59. The van der Waals surface area contributed by atoms with Gasteiger partial charge in [0.1, 0.15) is 19.3 Å². The lowest BCUT2D eigenvalue weighted by atomic mass is 9.98. The second-order valence-corrected chi connectivity index (χ2v) is 8.13. The van der Waals surface area contributed by atoms with Crippen molar-refractivity contribution in [2.24, 2.45) is 16.8 Å². The SMILES string of the molecule is CC(C)C(=O)OCC1(CCl)OC(NC(=O)N=C(C=N)n2cncn2)C(F)C1OC(=O)C(C)C. The molecular formula is C19H26ClFN6O6. The molecule has 182 valence electrons. The third kappa shape index (κ3) is 6.32. The lowest BCUT2D eigenvalue weighted by Crippen LogP contribution is -2.51. The van der Waals surface area contributed by atoms with Crippen molar-refractivity contribution in [3.05, 3.63) is 12.7 Å². The van der Waals surface area contributed by atoms with Gasteiger partial charge in [0, 0.05) is 0 Å². The van der Waals surface area contributed by atoms with E-state index in [9.17, 15) is 14.4 Å². The van der Waals surface area contributed by atoms with Gasteiger partial charge in [-0.2, -0.15) is 10.1 Å². The summed E-state index contributed by atoms with van der Waals surface area (Å²) >= 11 is 6.06. The van der Waals surface area contributed by atoms with Crippen molar-refractivity contribution in [2.45, 2.75) is 51.8 Å². The van der Waals surface area contributed by atoms with Gasteiger partial charge in [-0.25, -0.2) is 18.9 Å². The lowest BCUT2D eigenvalue weighted by molar-refractivity contribution is -0.175. The summed E-state index contributed by atoms with van der Waals surface area (Å²) in [7, 11) is 0. The van der Waals surface area contributed by atoms with Crippen molar-refractivity contribution in [2.75, 3.05) is 12.5 Å². The van der Waals surface area contributed by atoms with Crippen LogP contribution in [0.3, 0.4) is 0 Å². The Bertz CT molecular complexity index is 895. The largest absolute Gasteiger partial charge is 0.462 e. The van der Waals surface area contributed by atoms with E-state index in [1.165, 1.54) is 12.7 Å². The van der Waals surface area contributed by atoms with Crippen LogP contribution in [0.5, 0.6) is 0 Å². The summed E-state index contributed by atoms with van der Waals surface area (Å²) in [6, 6.07) is -1.06. The van der Waals surface area contributed by atoms with Gasteiger partial charge in [0.25, 0.3) is 0 Å². The number of alkyl halides is 2. The number of esters is 2. The zero-order chi connectivity index (χ0) is 24.8. The number of halogens is 2. The number of aromatic nitrogens is 3. The molecule has 0 aliphatic carbocycles. The first-order valence-corrected chi connectivity index (χ1v) is 10.6. The van der Waals surface area contributed by atoms with Gasteiger partial charge in [-0.3, -0.25) is 9.59 Å². The molecule has 0 bridgehead atoms. The number of rotatable bonds is 8. The fraction of sp³-hybridized carbons (Fsp3) is 0.632. The molecule has 2 N–H and O–H groups in total. The number of ether oxygens (including phenoxy) is 3. The summed E-state index contributed by atoms with van der Waals surface area (Å²) in [6.07, 6.45) is -2.13. The number of hydrogen-bond acceptors (Lipinski definition) is 9. The summed E-state index contributed by atoms with van der Waals surface area (Å²) in [4.78, 5) is 43.8. The van der Waals surface area contributed by atoms with Crippen LogP contribution in [0.15, 0.2) is 17.6 Å². The van der Waals surface area contributed by atoms with Crippen molar-refractivity contribution in [3.8, 4) is 0 Å². The predicted molar refractivity (Wildman–Crippen MR) is 114 cm³/mol. The fourth-order valence-electron chi connectivity index (χ4n) is 2.73. The molecule has 0 saturated carbocycles. The van der Waals surface area contributed by atoms with E-state index in [0.29, 0.717) is 0 Å². The molecule has 33 heavy (non-hydrogen) atoms. The highest BCUT2D eigenvalue weighted by molar-refractivity contribution is 6.30. The van der Waals surface area contributed by atoms with E-state index in [1.807, 2.05) is 0 Å². The van der Waals surface area contributed by atoms with E-state index < -0.39 is 66.4 Å². The van der Waals surface area contributed by atoms with E-state index >= 15 is 4.39 Å². The summed E-state index contributed by atoms with van der Waals surface area (Å²) < 4.78 is 32.6. The van der Waals surface area contributed by atoms with E-state index in [1.54, 1.807) is 27.7 Å². The second-order valence-electron chi connectivity index (χ2n) is 7.86. The maximum absolute atomic E-state index is 15.4. The van der Waals surface area contributed by atoms with Gasteiger partial charge >= 0.3 is 18.0 Å². The Kier molecular flexibility index (Phi) is 8.99. The van der Waals surface area contributed by atoms with Gasteiger partial charge in [0.05, 0.1) is 23.9 Å². The van der Waals surface area contributed by atoms with Crippen molar-refractivity contribution < 1.29 is 33.0 Å². The van der Waals surface area contributed by atoms with Crippen LogP contribution in [0.2, 0.25) is 0 Å². The first kappa shape index (κ1) is 26.3. The maximum atomic E-state index is 15.4. The van der Waals surface area contributed by atoms with Gasteiger partial charge in [0.2, 0.25) is 0 Å². The van der Waals surface area contributed by atoms with Gasteiger partial charge < -0.3 is 24.9 Å². The topological polar surface area (TPSA) is 158 Å². The molecule has 1 aromatic rings. The van der Waals surface area contributed by atoms with Crippen molar-refractivity contribution in [3.63, 3.8) is 0 Å². The summed E-state index contributed by atoms with van der Waals surface area (Å²) in [6.45, 7) is 5.82. The molecule has 2 heterocycles. The van der Waals surface area contributed by atoms with Crippen LogP contribution in [0, 0.1) is 17.2 Å². The predicted octanol–water partition coefficient (Wildman–Crippen LogP) is 1.32. The van der Waals surface area contributed by atoms with Gasteiger partial charge in [-0.15, -0.1) is 11.6 Å². The maximum Gasteiger partial charge on any atom is 0.345 e. The van der Waals surface area contributed by atoms with Crippen molar-refractivity contribution in [1.82, 2.24) is 20.1 Å². The molecule has 4 unspecified atom stereocenters. The number of carbonyl (C=O) groups is 3. The average Bonchev–Trinajstić information content (AvgIpc) is 3.39. The number of nitrogens with one attached hydrogen (secondary N) is 2. The zero-order valence-corrected chi connectivity index (χ0v) is 19.3. The number of amides is 2. The van der Waals surface area contributed by atoms with E-state index in [0.717, 1.165) is 10.9 Å². The van der Waals surface area contributed by atoms with Gasteiger partial charge in [0.15, 0.2) is 29.9 Å². The molecule has 1 saturated heterocycles. The molecule has 1 aliphatic heterocycles. The Morgan fingerprint density at radius 2 is 2.00 bits per heavy atom. The molecule has 12 nitrogen and oxygen atoms in total. The number of urea groups is 1. The molecule has 0 radical (unpaired) electrons. The number of hydrogen-bond donors (Lipinski definition) is 2. The minimum absolute atomic E-state index is 0.198. The number of nitrogens with zero attached hydrogens (tertiary/aromatic N) is 4. The normalized spacial score (nSPS) is 25.2. The Hall–Kier alpha value is -2.93. The quantitative estimate of drug-likeness (QED) is 0.240. The minimum atomic E-state index is -2.06. The van der Waals surface area contributed by atoms with Crippen molar-refractivity contribution >= 4 is 41.6 Å². The van der Waals surface area contributed by atoms with Gasteiger partial charge in [-0.1, -0.05) is 27.7 Å². The highest BCUT2D eigenvalue weighted by atomic mass is 35.5. The average molecular weight is 489 g/mol. The van der Waals surface area contributed by atoms with Crippen LogP contribution in [0.4, 0.5) is 9.18 Å². The molecule has 1 fully saturated rings. The lowest BCUT2D eigenvalue weighted by Gasteiger charge is -2.32. The number of aliphatic imine (C=N–C) groups is 1. The second kappa shape index (κ2) is 11.3. The third-order valence-electron chi connectivity index (χ3n) is 4.59. The fourth-order valence-corrected chi connectivity index (χ4v) is 3.03. The molecular weight excluding hydrogens is 463 g/mol. The summed E-state index contributed by atoms with van der Waals surface area (Å²) in [5, 5.41) is 13.3. The molecule has 0 aromatic carbocycles. The van der Waals surface area contributed by atoms with E-state index in [-0.39, 0.29) is 5.84 Å². The van der Waals surface area contributed by atoms with Gasteiger partial charge in [-0.05, 0) is 0 Å². The molecule has 2 amide bonds. The van der Waals surface area contributed by atoms with Crippen molar-refractivity contribution in [1.29, 1.82) is 5.41 Å². The third-order valence-corrected chi connectivity index (χ3v) is 5.05. The smallest absolute Gasteiger partial charge is 0.345 e. The first-order chi connectivity index (χ1) is 15.5. The van der Waals surface area contributed by atoms with Crippen LogP contribution in [0.1, 0.15) is 27.7 Å². The molecule has 1 aliphatic rings. The van der Waals surface area contributed by atoms with Crippen LogP contribution in [-0.4, -0.2) is 81.4 Å². The Labute approximate surface area is 194 Å².